The van der Waals surface area contributed by atoms with Crippen LogP contribution in [0.3, 0.4) is 0 Å². The first-order chi connectivity index (χ1) is 24.3. The van der Waals surface area contributed by atoms with E-state index in [4.69, 9.17) is 19.9 Å². The summed E-state index contributed by atoms with van der Waals surface area (Å²) in [7, 11) is 0. The largest absolute Gasteiger partial charge is 0.236 e. The molecule has 9 aromatic rings. The van der Waals surface area contributed by atoms with Gasteiger partial charge in [0.2, 0.25) is 0 Å². The van der Waals surface area contributed by atoms with Crippen molar-refractivity contribution < 1.29 is 0 Å². The molecule has 0 spiro atoms. The summed E-state index contributed by atoms with van der Waals surface area (Å²) < 4.78 is 2.32. The van der Waals surface area contributed by atoms with E-state index >= 15 is 0 Å². The molecule has 0 amide bonds. The summed E-state index contributed by atoms with van der Waals surface area (Å²) in [5.74, 6) is 1.42. The predicted molar refractivity (Wildman–Crippen MR) is 203 cm³/mol. The number of aromatic nitrogens is 4. The van der Waals surface area contributed by atoms with Crippen LogP contribution in [0.15, 0.2) is 170 Å². The van der Waals surface area contributed by atoms with Gasteiger partial charge >= 0.3 is 0 Å². The molecule has 49 heavy (non-hydrogen) atoms. The SMILES string of the molecule is c1ccc(-c2ncc(-c3cccc(-c4cccc(-c5nc(-c6ccccc6)c6sc7ccccc7c6n5)c4)c3)c(-c3ccccc3)n2)cc1. The van der Waals surface area contributed by atoms with Gasteiger partial charge in [-0.1, -0.05) is 146 Å². The Morgan fingerprint density at radius 1 is 0.388 bits per heavy atom. The third kappa shape index (κ3) is 5.46. The Kier molecular flexibility index (Phi) is 7.30. The molecule has 0 fully saturated rings. The number of rotatable bonds is 6. The van der Waals surface area contributed by atoms with E-state index < -0.39 is 0 Å². The number of nitrogens with zero attached hydrogens (tertiary/aromatic N) is 4. The fraction of sp³-hybridized carbons (Fsp3) is 0. The second-order valence-corrected chi connectivity index (χ2v) is 12.9. The zero-order valence-electron chi connectivity index (χ0n) is 26.4. The highest BCUT2D eigenvalue weighted by Crippen LogP contribution is 2.40. The average molecular weight is 645 g/mol. The standard InChI is InChI=1S/C44H28N4S/c1-4-14-29(15-5-1)39-37(28-45-43(46-39)31-18-8-3-9-19-31)34-22-12-20-32(26-34)33-21-13-23-35(27-33)44-47-40(30-16-6-2-7-17-30)42-41(48-44)36-24-10-11-25-38(36)49-42/h1-28H. The van der Waals surface area contributed by atoms with Crippen molar-refractivity contribution in [2.75, 3.05) is 0 Å². The van der Waals surface area contributed by atoms with Crippen molar-refractivity contribution in [3.63, 3.8) is 0 Å². The van der Waals surface area contributed by atoms with Gasteiger partial charge in [-0.15, -0.1) is 11.3 Å². The van der Waals surface area contributed by atoms with Gasteiger partial charge in [-0.2, -0.15) is 0 Å². The van der Waals surface area contributed by atoms with Crippen LogP contribution < -0.4 is 0 Å². The summed E-state index contributed by atoms with van der Waals surface area (Å²) in [5.41, 5.74) is 11.2. The van der Waals surface area contributed by atoms with Crippen LogP contribution in [0.1, 0.15) is 0 Å². The lowest BCUT2D eigenvalue weighted by molar-refractivity contribution is 1.18. The second kappa shape index (κ2) is 12.4. The lowest BCUT2D eigenvalue weighted by Gasteiger charge is -2.13. The Morgan fingerprint density at radius 3 is 1.63 bits per heavy atom. The van der Waals surface area contributed by atoms with E-state index in [2.05, 4.69) is 109 Å². The summed E-state index contributed by atoms with van der Waals surface area (Å²) >= 11 is 1.75. The van der Waals surface area contributed by atoms with Crippen LogP contribution in [0.4, 0.5) is 0 Å². The molecule has 0 radical (unpaired) electrons. The maximum absolute atomic E-state index is 5.20. The zero-order chi connectivity index (χ0) is 32.6. The summed E-state index contributed by atoms with van der Waals surface area (Å²) in [6, 6.07) is 56.5. The van der Waals surface area contributed by atoms with E-state index in [1.54, 1.807) is 11.3 Å². The Balaban J connectivity index is 1.15. The Labute approximate surface area is 288 Å². The topological polar surface area (TPSA) is 51.6 Å². The van der Waals surface area contributed by atoms with Crippen LogP contribution in [0, 0.1) is 0 Å². The third-order valence-electron chi connectivity index (χ3n) is 8.76. The highest BCUT2D eigenvalue weighted by atomic mass is 32.1. The first kappa shape index (κ1) is 28.9. The van der Waals surface area contributed by atoms with Crippen LogP contribution in [-0.4, -0.2) is 19.9 Å². The number of hydrogen-bond acceptors (Lipinski definition) is 5. The molecule has 6 aromatic carbocycles. The van der Waals surface area contributed by atoms with Gasteiger partial charge in [-0.05, 0) is 34.9 Å². The van der Waals surface area contributed by atoms with Gasteiger partial charge in [0, 0.05) is 44.1 Å². The van der Waals surface area contributed by atoms with Gasteiger partial charge < -0.3 is 0 Å². The van der Waals surface area contributed by atoms with Crippen molar-refractivity contribution in [2.45, 2.75) is 0 Å². The van der Waals surface area contributed by atoms with Crippen molar-refractivity contribution in [3.05, 3.63) is 170 Å². The van der Waals surface area contributed by atoms with E-state index in [1.165, 1.54) is 4.70 Å². The van der Waals surface area contributed by atoms with Crippen molar-refractivity contribution in [3.8, 4) is 67.5 Å². The van der Waals surface area contributed by atoms with Crippen molar-refractivity contribution >= 4 is 31.6 Å². The number of benzene rings is 6. The van der Waals surface area contributed by atoms with Crippen LogP contribution in [0.5, 0.6) is 0 Å². The lowest BCUT2D eigenvalue weighted by Crippen LogP contribution is -1.96. The van der Waals surface area contributed by atoms with Crippen molar-refractivity contribution in [1.82, 2.24) is 19.9 Å². The Bertz CT molecular complexity index is 2600. The second-order valence-electron chi connectivity index (χ2n) is 11.9. The molecule has 5 heteroatoms. The van der Waals surface area contributed by atoms with Gasteiger partial charge in [0.15, 0.2) is 11.6 Å². The fourth-order valence-corrected chi connectivity index (χ4v) is 7.50. The maximum Gasteiger partial charge on any atom is 0.160 e. The van der Waals surface area contributed by atoms with E-state index in [0.29, 0.717) is 11.6 Å². The molecule has 0 aliphatic heterocycles. The number of hydrogen-bond donors (Lipinski definition) is 0. The smallest absolute Gasteiger partial charge is 0.160 e. The van der Waals surface area contributed by atoms with E-state index in [1.807, 2.05) is 60.8 Å². The lowest BCUT2D eigenvalue weighted by atomic mass is 9.96. The van der Waals surface area contributed by atoms with E-state index in [9.17, 15) is 0 Å². The molecule has 0 saturated carbocycles. The van der Waals surface area contributed by atoms with Crippen LogP contribution >= 0.6 is 11.3 Å². The molecule has 4 nitrogen and oxygen atoms in total. The molecule has 230 valence electrons. The molecule has 0 aliphatic rings. The molecule has 0 unspecified atom stereocenters. The molecular weight excluding hydrogens is 617 g/mol. The first-order valence-electron chi connectivity index (χ1n) is 16.2. The summed E-state index contributed by atoms with van der Waals surface area (Å²) in [4.78, 5) is 20.3. The maximum atomic E-state index is 5.20. The minimum absolute atomic E-state index is 0.706. The molecule has 0 atom stereocenters. The molecular formula is C44H28N4S. The van der Waals surface area contributed by atoms with Gasteiger partial charge in [0.1, 0.15) is 0 Å². The van der Waals surface area contributed by atoms with Crippen LogP contribution in [0.2, 0.25) is 0 Å². The Hall–Kier alpha value is -6.30. The van der Waals surface area contributed by atoms with Gasteiger partial charge in [0.05, 0.1) is 21.6 Å². The molecule has 0 aliphatic carbocycles. The fourth-order valence-electron chi connectivity index (χ4n) is 6.35. The Morgan fingerprint density at radius 2 is 0.918 bits per heavy atom. The first-order valence-corrected chi connectivity index (χ1v) is 17.0. The molecule has 0 N–H and O–H groups in total. The van der Waals surface area contributed by atoms with Gasteiger partial charge in [-0.25, -0.2) is 19.9 Å². The minimum atomic E-state index is 0.706. The highest BCUT2D eigenvalue weighted by Gasteiger charge is 2.17. The molecule has 9 rings (SSSR count). The van der Waals surface area contributed by atoms with Crippen molar-refractivity contribution in [2.24, 2.45) is 0 Å². The predicted octanol–water partition coefficient (Wildman–Crippen LogP) is 11.6. The van der Waals surface area contributed by atoms with Crippen LogP contribution in [0.25, 0.3) is 87.8 Å². The summed E-state index contributed by atoms with van der Waals surface area (Å²) in [5, 5.41) is 1.15. The van der Waals surface area contributed by atoms with E-state index in [0.717, 1.165) is 71.5 Å². The quantitative estimate of drug-likeness (QED) is 0.181. The highest BCUT2D eigenvalue weighted by molar-refractivity contribution is 7.26. The van der Waals surface area contributed by atoms with Crippen LogP contribution in [-0.2, 0) is 0 Å². The number of fused-ring (bicyclic) bond motifs is 3. The van der Waals surface area contributed by atoms with Gasteiger partial charge in [0.25, 0.3) is 0 Å². The summed E-state index contributed by atoms with van der Waals surface area (Å²) in [6.45, 7) is 0. The summed E-state index contributed by atoms with van der Waals surface area (Å²) in [6.07, 6.45) is 1.95. The number of thiophene rings is 1. The molecule has 3 heterocycles. The van der Waals surface area contributed by atoms with E-state index in [-0.39, 0.29) is 0 Å². The molecule has 3 aromatic heterocycles. The zero-order valence-corrected chi connectivity index (χ0v) is 27.2. The minimum Gasteiger partial charge on any atom is -0.236 e. The van der Waals surface area contributed by atoms with Crippen molar-refractivity contribution in [1.29, 1.82) is 0 Å². The third-order valence-corrected chi connectivity index (χ3v) is 9.93. The monoisotopic (exact) mass is 644 g/mol. The molecule has 0 bridgehead atoms. The average Bonchev–Trinajstić information content (AvgIpc) is 3.57. The molecule has 0 saturated heterocycles. The normalized spacial score (nSPS) is 11.3. The van der Waals surface area contributed by atoms with Gasteiger partial charge in [-0.3, -0.25) is 0 Å².